The number of fused-ring (bicyclic) bond motifs is 4. The van der Waals surface area contributed by atoms with Crippen molar-refractivity contribution in [3.8, 4) is 16.2 Å². The lowest BCUT2D eigenvalue weighted by Crippen LogP contribution is -2.55. The summed E-state index contributed by atoms with van der Waals surface area (Å²) in [6, 6.07) is 22.3. The van der Waals surface area contributed by atoms with Crippen LogP contribution in [0, 0.1) is 5.92 Å². The highest BCUT2D eigenvalue weighted by Crippen LogP contribution is 2.51. The van der Waals surface area contributed by atoms with E-state index in [4.69, 9.17) is 30.8 Å². The number of piperidine rings is 4. The number of carboxylic acids is 2. The first kappa shape index (κ1) is 46.8. The fraction of sp³-hybridized carbons (Fsp3) is 0.373. The van der Waals surface area contributed by atoms with E-state index >= 15 is 0 Å². The number of benzene rings is 4. The molecule has 7 heterocycles. The first-order chi connectivity index (χ1) is 33.9. The number of thiophene rings is 1. The third-order valence-corrected chi connectivity index (χ3v) is 18.6. The number of aliphatic carboxylic acids is 1. The van der Waals surface area contributed by atoms with Crippen LogP contribution in [0.2, 0.25) is 5.02 Å². The van der Waals surface area contributed by atoms with E-state index in [0.29, 0.717) is 57.2 Å². The van der Waals surface area contributed by atoms with Crippen LogP contribution >= 0.6 is 22.9 Å². The van der Waals surface area contributed by atoms with Gasteiger partial charge in [0.15, 0.2) is 22.8 Å². The molecule has 4 aromatic carbocycles. The average molecular weight is 1020 g/mol. The highest BCUT2D eigenvalue weighted by molar-refractivity contribution is 7.88. The molecule has 6 aromatic rings. The number of hydrogen-bond acceptors (Lipinski definition) is 13. The number of nitrogens with zero attached hydrogens (tertiary/aromatic N) is 4. The van der Waals surface area contributed by atoms with Gasteiger partial charge in [-0.2, -0.15) is 9.29 Å². The molecule has 0 spiro atoms. The number of amides is 3. The zero-order valence-corrected chi connectivity index (χ0v) is 41.0. The van der Waals surface area contributed by atoms with Crippen molar-refractivity contribution in [3.05, 3.63) is 99.4 Å². The van der Waals surface area contributed by atoms with Gasteiger partial charge in [-0.25, -0.2) is 18.0 Å². The number of imide groups is 1. The number of nitrogens with one attached hydrogen (secondary N) is 2. The number of halogens is 1. The van der Waals surface area contributed by atoms with Crippen LogP contribution in [-0.2, 0) is 30.2 Å². The molecule has 5 aliphatic heterocycles. The van der Waals surface area contributed by atoms with Crippen LogP contribution in [0.25, 0.3) is 32.3 Å². The van der Waals surface area contributed by atoms with Crippen molar-refractivity contribution in [2.75, 3.05) is 34.8 Å². The maximum atomic E-state index is 14.2. The lowest BCUT2D eigenvalue weighted by atomic mass is 9.68. The lowest BCUT2D eigenvalue weighted by Gasteiger charge is -2.49. The third kappa shape index (κ3) is 8.35. The Morgan fingerprint density at radius 2 is 1.83 bits per heavy atom. The molecule has 2 aromatic heterocycles. The normalized spacial score (nSPS) is 23.1. The molecule has 6 aliphatic rings. The Kier molecular flexibility index (Phi) is 11.6. The van der Waals surface area contributed by atoms with Crippen molar-refractivity contribution in [1.82, 2.24) is 14.6 Å². The molecule has 20 heteroatoms. The molecule has 368 valence electrons. The summed E-state index contributed by atoms with van der Waals surface area (Å²) in [5.41, 5.74) is 4.80. The monoisotopic (exact) mass is 1020 g/mol. The number of carbonyl (C=O) groups is 5. The molecule has 12 rings (SSSR count). The van der Waals surface area contributed by atoms with Gasteiger partial charge in [0.05, 0.1) is 16.3 Å². The number of aromatic nitrogens is 1. The molecule has 1 aliphatic carbocycles. The molecule has 17 nitrogen and oxygen atoms in total. The van der Waals surface area contributed by atoms with Gasteiger partial charge in [0.25, 0.3) is 11.9 Å². The predicted molar refractivity (Wildman–Crippen MR) is 267 cm³/mol. The number of hydrogen-bond donors (Lipinski definition) is 4. The maximum absolute atomic E-state index is 14.2. The Morgan fingerprint density at radius 3 is 2.58 bits per heavy atom. The molecule has 5 unspecified atom stereocenters. The van der Waals surface area contributed by atoms with Crippen molar-refractivity contribution in [3.63, 3.8) is 0 Å². The van der Waals surface area contributed by atoms with Gasteiger partial charge in [-0.05, 0) is 123 Å². The summed E-state index contributed by atoms with van der Waals surface area (Å²) in [5.74, 6) is -3.46. The van der Waals surface area contributed by atoms with Gasteiger partial charge in [0.2, 0.25) is 21.8 Å². The Bertz CT molecular complexity index is 3350. The maximum Gasteiger partial charge on any atom is 0.349 e. The number of carboxylic acid groups (broad SMARTS) is 2. The molecule has 2 bridgehead atoms. The standard InChI is InChI=1S/C51H49ClN6O11S2/c1-51(2)22-30(53-29-6-3-5-27(20-29)45-43(52)44(68-24-41(60)61)46(70-45)49(64)65)17-18-57(51)71(66,67)25-26-9-15-39-36(19-26)54-50(69-39)56-23-28-10-11-31(56)21-35(28)32-12-13-37-42-33(32)7-4-8-34(42)48(63)58(37)38-14-16-40(59)55-47(38)62/h3-9,12-13,15,19-20,28,30-31,35,38,53H,10-11,14,16-18,21-25H2,1-2H3,(H,60,61)(H,64,65)(H,55,59,62). The van der Waals surface area contributed by atoms with E-state index in [1.807, 2.05) is 44.2 Å². The largest absolute Gasteiger partial charge is 0.479 e. The highest BCUT2D eigenvalue weighted by atomic mass is 35.5. The SMILES string of the molecule is CC1(C)CC(Nc2cccc(-c3sc(C(=O)O)c(OCC(=O)O)c3Cl)c2)CCN1S(=O)(=O)Cc1ccc2oc(N3CC4CCC3CC4c3ccc4c5c(cccc35)C(=O)N4C3CCC(=O)NC3=O)nc2c1. The number of sulfonamides is 1. The lowest BCUT2D eigenvalue weighted by molar-refractivity contribution is -0.139. The molecule has 71 heavy (non-hydrogen) atoms. The minimum Gasteiger partial charge on any atom is -0.479 e. The first-order valence-corrected chi connectivity index (χ1v) is 26.4. The van der Waals surface area contributed by atoms with Gasteiger partial charge < -0.3 is 29.6 Å². The van der Waals surface area contributed by atoms with E-state index in [1.165, 1.54) is 5.56 Å². The Labute approximate surface area is 416 Å². The number of ether oxygens (including phenoxy) is 1. The van der Waals surface area contributed by atoms with E-state index in [9.17, 15) is 37.5 Å². The summed E-state index contributed by atoms with van der Waals surface area (Å²) in [6.07, 6.45) is 4.33. The van der Waals surface area contributed by atoms with Crippen molar-refractivity contribution in [2.24, 2.45) is 5.92 Å². The summed E-state index contributed by atoms with van der Waals surface area (Å²) in [7, 11) is -3.79. The van der Waals surface area contributed by atoms with Crippen molar-refractivity contribution in [1.29, 1.82) is 0 Å². The number of anilines is 3. The van der Waals surface area contributed by atoms with E-state index < -0.39 is 46.1 Å². The average Bonchev–Trinajstić information content (AvgIpc) is 3.99. The van der Waals surface area contributed by atoms with Gasteiger partial charge in [0, 0.05) is 53.8 Å². The fourth-order valence-corrected chi connectivity index (χ4v) is 15.1. The number of oxazole rings is 1. The summed E-state index contributed by atoms with van der Waals surface area (Å²) in [6.45, 7) is 4.09. The molecule has 4 saturated heterocycles. The summed E-state index contributed by atoms with van der Waals surface area (Å²) in [5, 5.41) is 26.6. The number of aromatic carboxylic acids is 1. The molecule has 3 amide bonds. The van der Waals surface area contributed by atoms with Gasteiger partial charge in [-0.1, -0.05) is 48.0 Å². The molecule has 5 fully saturated rings. The summed E-state index contributed by atoms with van der Waals surface area (Å²) >= 11 is 7.44. The van der Waals surface area contributed by atoms with E-state index in [-0.39, 0.29) is 76.5 Å². The molecule has 4 N–H and O–H groups in total. The fourth-order valence-electron chi connectivity index (χ4n) is 11.8. The second kappa shape index (κ2) is 17.6. The summed E-state index contributed by atoms with van der Waals surface area (Å²) < 4.78 is 41.6. The van der Waals surface area contributed by atoms with Crippen molar-refractivity contribution >= 4 is 102 Å². The zero-order valence-electron chi connectivity index (χ0n) is 38.6. The van der Waals surface area contributed by atoms with Gasteiger partial charge >= 0.3 is 11.9 Å². The molecular weight excluding hydrogens is 972 g/mol. The van der Waals surface area contributed by atoms with Crippen LogP contribution in [0.4, 0.5) is 17.4 Å². The van der Waals surface area contributed by atoms with Crippen LogP contribution < -0.4 is 25.2 Å². The van der Waals surface area contributed by atoms with Gasteiger partial charge in [-0.15, -0.1) is 11.3 Å². The highest BCUT2D eigenvalue weighted by Gasteiger charge is 2.46. The Morgan fingerprint density at radius 1 is 1.01 bits per heavy atom. The first-order valence-electron chi connectivity index (χ1n) is 23.6. The molecule has 5 atom stereocenters. The van der Waals surface area contributed by atoms with E-state index in [0.717, 1.165) is 53.6 Å². The second-order valence-electron chi connectivity index (χ2n) is 19.8. The number of carbonyl (C=O) groups excluding carboxylic acids is 3. The topological polar surface area (TPSA) is 229 Å². The Hall–Kier alpha value is -6.54. The molecular formula is C51H49ClN6O11S2. The molecule has 1 saturated carbocycles. The quantitative estimate of drug-likeness (QED) is 0.0799. The predicted octanol–water partition coefficient (Wildman–Crippen LogP) is 8.25. The minimum atomic E-state index is -3.79. The van der Waals surface area contributed by atoms with Gasteiger partial charge in [0.1, 0.15) is 16.6 Å². The van der Waals surface area contributed by atoms with Gasteiger partial charge in [-0.3, -0.25) is 24.6 Å². The summed E-state index contributed by atoms with van der Waals surface area (Å²) in [4.78, 5) is 70.7. The van der Waals surface area contributed by atoms with Crippen LogP contribution in [0.1, 0.15) is 95.9 Å². The van der Waals surface area contributed by atoms with E-state index in [1.54, 1.807) is 39.5 Å². The third-order valence-electron chi connectivity index (χ3n) is 14.8. The van der Waals surface area contributed by atoms with Crippen LogP contribution in [0.15, 0.2) is 77.2 Å². The van der Waals surface area contributed by atoms with Crippen LogP contribution in [-0.4, -0.2) is 101 Å². The minimum absolute atomic E-state index is 0.00774. The zero-order chi connectivity index (χ0) is 49.7. The van der Waals surface area contributed by atoms with E-state index in [2.05, 4.69) is 27.7 Å². The second-order valence-corrected chi connectivity index (χ2v) is 23.1. The van der Waals surface area contributed by atoms with Crippen molar-refractivity contribution in [2.45, 2.75) is 94.1 Å². The van der Waals surface area contributed by atoms with Crippen LogP contribution in [0.5, 0.6) is 5.75 Å². The number of rotatable bonds is 13. The van der Waals surface area contributed by atoms with Crippen LogP contribution in [0.3, 0.4) is 0 Å². The smallest absolute Gasteiger partial charge is 0.349 e. The Balaban J connectivity index is 0.753. The molecule has 0 radical (unpaired) electrons. The van der Waals surface area contributed by atoms with Crippen molar-refractivity contribution < 1.29 is 51.8 Å².